The van der Waals surface area contributed by atoms with E-state index in [9.17, 15) is 0 Å². The summed E-state index contributed by atoms with van der Waals surface area (Å²) in [6.45, 7) is 7.45. The van der Waals surface area contributed by atoms with Crippen molar-refractivity contribution in [3.63, 3.8) is 0 Å². The van der Waals surface area contributed by atoms with E-state index in [-0.39, 0.29) is 0 Å². The van der Waals surface area contributed by atoms with Crippen LogP contribution in [0.1, 0.15) is 45.4 Å². The predicted molar refractivity (Wildman–Crippen MR) is 78.8 cm³/mol. The Bertz CT molecular complexity index is 264. The molecule has 0 aliphatic heterocycles. The molecule has 0 saturated carbocycles. The molecule has 0 aromatic rings. The molecular formula is C17H25. The Balaban J connectivity index is 3.40. The average molecular weight is 229 g/mol. The van der Waals surface area contributed by atoms with Crippen LogP contribution in [-0.2, 0) is 0 Å². The molecule has 0 bridgehead atoms. The molecule has 0 aromatic heterocycles. The second kappa shape index (κ2) is 14.7. The minimum Gasteiger partial charge on any atom is -0.0845 e. The molecule has 0 nitrogen and oxygen atoms in total. The molecule has 0 spiro atoms. The maximum atomic E-state index is 5.21. The zero-order chi connectivity index (χ0) is 12.6. The van der Waals surface area contributed by atoms with Gasteiger partial charge in [0.15, 0.2) is 0 Å². The maximum absolute atomic E-state index is 5.21. The van der Waals surface area contributed by atoms with Crippen LogP contribution < -0.4 is 0 Å². The highest BCUT2D eigenvalue weighted by atomic mass is 13.9. The number of hydrogen-bond donors (Lipinski definition) is 0. The number of allylic oxidation sites excluding steroid dienone is 9. The highest BCUT2D eigenvalue weighted by molar-refractivity contribution is 5.06. The summed E-state index contributed by atoms with van der Waals surface area (Å²) in [6.07, 6.45) is 25.6. The van der Waals surface area contributed by atoms with E-state index < -0.39 is 0 Å². The van der Waals surface area contributed by atoms with E-state index in [1.54, 1.807) is 6.08 Å². The summed E-state index contributed by atoms with van der Waals surface area (Å²) in [5, 5.41) is 0. The van der Waals surface area contributed by atoms with Crippen molar-refractivity contribution in [2.24, 2.45) is 0 Å². The van der Waals surface area contributed by atoms with Gasteiger partial charge in [-0.15, -0.1) is 0 Å². The van der Waals surface area contributed by atoms with Gasteiger partial charge in [-0.2, -0.15) is 0 Å². The second-order valence-corrected chi connectivity index (χ2v) is 3.92. The molecule has 0 aromatic carbocycles. The molecule has 17 heavy (non-hydrogen) atoms. The molecule has 0 amide bonds. The summed E-state index contributed by atoms with van der Waals surface area (Å²) in [5.74, 6) is 0. The summed E-state index contributed by atoms with van der Waals surface area (Å²) < 4.78 is 0. The fourth-order valence-electron chi connectivity index (χ4n) is 1.35. The fraction of sp³-hybridized carbons (Fsp3) is 0.412. The first-order chi connectivity index (χ1) is 8.41. The third-order valence-electron chi connectivity index (χ3n) is 2.32. The van der Waals surface area contributed by atoms with Gasteiger partial charge in [-0.25, -0.2) is 0 Å². The summed E-state index contributed by atoms with van der Waals surface area (Å²) in [4.78, 5) is 0. The van der Waals surface area contributed by atoms with Gasteiger partial charge in [-0.3, -0.25) is 0 Å². The van der Waals surface area contributed by atoms with Gasteiger partial charge >= 0.3 is 0 Å². The fourth-order valence-corrected chi connectivity index (χ4v) is 1.35. The Labute approximate surface area is 107 Å². The van der Waals surface area contributed by atoms with Crippen molar-refractivity contribution in [1.82, 2.24) is 0 Å². The molecule has 0 saturated heterocycles. The quantitative estimate of drug-likeness (QED) is 0.261. The lowest BCUT2D eigenvalue weighted by atomic mass is 10.2. The molecule has 0 rings (SSSR count). The molecule has 0 fully saturated rings. The van der Waals surface area contributed by atoms with Crippen LogP contribution in [0.2, 0.25) is 0 Å². The predicted octanol–water partition coefficient (Wildman–Crippen LogP) is 5.56. The summed E-state index contributed by atoms with van der Waals surface area (Å²) in [5.41, 5.74) is 0. The Hall–Kier alpha value is -1.30. The first-order valence-corrected chi connectivity index (χ1v) is 6.58. The largest absolute Gasteiger partial charge is 0.0845 e. The molecule has 0 unspecified atom stereocenters. The lowest BCUT2D eigenvalue weighted by Gasteiger charge is -1.89. The van der Waals surface area contributed by atoms with Crippen LogP contribution >= 0.6 is 0 Å². The van der Waals surface area contributed by atoms with Gasteiger partial charge in [0.2, 0.25) is 0 Å². The Morgan fingerprint density at radius 2 is 1.41 bits per heavy atom. The van der Waals surface area contributed by atoms with E-state index in [0.29, 0.717) is 0 Å². The second-order valence-electron chi connectivity index (χ2n) is 3.92. The first-order valence-electron chi connectivity index (χ1n) is 6.58. The molecule has 0 aliphatic rings. The van der Waals surface area contributed by atoms with Crippen LogP contribution in [0.5, 0.6) is 0 Å². The molecule has 1 radical (unpaired) electrons. The average Bonchev–Trinajstić information content (AvgIpc) is 2.35. The summed E-state index contributed by atoms with van der Waals surface area (Å²) in [7, 11) is 0. The Morgan fingerprint density at radius 1 is 0.765 bits per heavy atom. The first kappa shape index (κ1) is 15.7. The van der Waals surface area contributed by atoms with Crippen molar-refractivity contribution < 1.29 is 0 Å². The minimum atomic E-state index is 0.953. The van der Waals surface area contributed by atoms with Gasteiger partial charge in [0.1, 0.15) is 0 Å². The van der Waals surface area contributed by atoms with Crippen LogP contribution in [0, 0.1) is 6.58 Å². The summed E-state index contributed by atoms with van der Waals surface area (Å²) in [6, 6.07) is 0. The maximum Gasteiger partial charge on any atom is -0.0166 e. The van der Waals surface area contributed by atoms with Gasteiger partial charge in [0.05, 0.1) is 0 Å². The van der Waals surface area contributed by atoms with Crippen molar-refractivity contribution in [2.45, 2.75) is 45.4 Å². The van der Waals surface area contributed by atoms with Crippen molar-refractivity contribution in [3.05, 3.63) is 61.3 Å². The monoisotopic (exact) mass is 229 g/mol. The van der Waals surface area contributed by atoms with Crippen molar-refractivity contribution >= 4 is 0 Å². The van der Waals surface area contributed by atoms with Crippen molar-refractivity contribution in [3.8, 4) is 0 Å². The molecule has 0 aliphatic carbocycles. The normalized spacial score (nSPS) is 12.5. The SMILES string of the molecule is [CH]=CC=CCC=CCC=CC=CCCCCC. The Morgan fingerprint density at radius 3 is 2.06 bits per heavy atom. The van der Waals surface area contributed by atoms with E-state index in [1.165, 1.54) is 25.7 Å². The molecule has 93 valence electrons. The van der Waals surface area contributed by atoms with E-state index in [4.69, 9.17) is 6.58 Å². The van der Waals surface area contributed by atoms with Gasteiger partial charge in [-0.05, 0) is 25.7 Å². The summed E-state index contributed by atoms with van der Waals surface area (Å²) >= 11 is 0. The number of hydrogen-bond acceptors (Lipinski definition) is 0. The molecule has 0 heterocycles. The van der Waals surface area contributed by atoms with Gasteiger partial charge in [0.25, 0.3) is 0 Å². The smallest absolute Gasteiger partial charge is 0.0166 e. The molecule has 0 atom stereocenters. The minimum absolute atomic E-state index is 0.953. The van der Waals surface area contributed by atoms with E-state index in [1.807, 2.05) is 12.2 Å². The van der Waals surface area contributed by atoms with Crippen LogP contribution in [0.4, 0.5) is 0 Å². The van der Waals surface area contributed by atoms with Gasteiger partial charge in [0, 0.05) is 0 Å². The Kier molecular flexibility index (Phi) is 13.6. The third kappa shape index (κ3) is 14.7. The molecule has 0 heteroatoms. The lowest BCUT2D eigenvalue weighted by Crippen LogP contribution is -1.69. The van der Waals surface area contributed by atoms with Crippen LogP contribution in [0.25, 0.3) is 0 Å². The zero-order valence-corrected chi connectivity index (χ0v) is 11.0. The van der Waals surface area contributed by atoms with Crippen molar-refractivity contribution in [2.75, 3.05) is 0 Å². The van der Waals surface area contributed by atoms with E-state index >= 15 is 0 Å². The highest BCUT2D eigenvalue weighted by Gasteiger charge is 1.79. The van der Waals surface area contributed by atoms with Crippen LogP contribution in [-0.4, -0.2) is 0 Å². The van der Waals surface area contributed by atoms with Crippen LogP contribution in [0.3, 0.4) is 0 Å². The van der Waals surface area contributed by atoms with Gasteiger partial charge in [-0.1, -0.05) is 81.0 Å². The lowest BCUT2D eigenvalue weighted by molar-refractivity contribution is 0.729. The topological polar surface area (TPSA) is 0 Å². The van der Waals surface area contributed by atoms with Crippen LogP contribution in [0.15, 0.2) is 54.7 Å². The van der Waals surface area contributed by atoms with E-state index in [0.717, 1.165) is 12.8 Å². The zero-order valence-electron chi connectivity index (χ0n) is 11.0. The van der Waals surface area contributed by atoms with E-state index in [2.05, 4.69) is 43.4 Å². The third-order valence-corrected chi connectivity index (χ3v) is 2.32. The number of unbranched alkanes of at least 4 members (excludes halogenated alkanes) is 3. The molecule has 0 N–H and O–H groups in total. The van der Waals surface area contributed by atoms with Crippen molar-refractivity contribution in [1.29, 1.82) is 0 Å². The molecular weight excluding hydrogens is 204 g/mol. The number of rotatable bonds is 10. The standard InChI is InChI=1S/C17H25/c1-3-5-7-9-11-13-15-17-16-14-12-10-8-6-4-2/h1,3,5,7,11-14,16-17H,4,6,8-10,15H2,2H3. The van der Waals surface area contributed by atoms with Gasteiger partial charge < -0.3 is 0 Å². The highest BCUT2D eigenvalue weighted by Crippen LogP contribution is 1.99.